The molecule has 1 aromatic heterocycles. The van der Waals surface area contributed by atoms with Gasteiger partial charge in [0.25, 0.3) is 5.91 Å². The topological polar surface area (TPSA) is 50.2 Å². The number of rotatable bonds is 10. The first kappa shape index (κ1) is 19.5. The predicted molar refractivity (Wildman–Crippen MR) is 104 cm³/mol. The molecule has 0 fully saturated rings. The van der Waals surface area contributed by atoms with Crippen LogP contribution in [0, 0.1) is 0 Å². The van der Waals surface area contributed by atoms with E-state index in [1.54, 1.807) is 18.0 Å². The first-order valence-electron chi connectivity index (χ1n) is 8.83. The van der Waals surface area contributed by atoms with Crippen LogP contribution in [0.1, 0.15) is 36.2 Å². The van der Waals surface area contributed by atoms with Crippen LogP contribution in [0.2, 0.25) is 0 Å². The highest BCUT2D eigenvalue weighted by Crippen LogP contribution is 2.20. The van der Waals surface area contributed by atoms with Crippen molar-refractivity contribution in [1.82, 2.24) is 19.8 Å². The Morgan fingerprint density at radius 2 is 1.96 bits per heavy atom. The average Bonchev–Trinajstić information content (AvgIpc) is 3.05. The van der Waals surface area contributed by atoms with Crippen LogP contribution in [0.15, 0.2) is 41.8 Å². The summed E-state index contributed by atoms with van der Waals surface area (Å²) in [6.45, 7) is 8.18. The first-order chi connectivity index (χ1) is 12.1. The van der Waals surface area contributed by atoms with Crippen molar-refractivity contribution in [2.75, 3.05) is 26.2 Å². The van der Waals surface area contributed by atoms with E-state index in [0.717, 1.165) is 37.0 Å². The van der Waals surface area contributed by atoms with E-state index in [-0.39, 0.29) is 5.91 Å². The molecule has 1 heterocycles. The molecule has 0 aliphatic carbocycles. The Labute approximate surface area is 154 Å². The molecule has 5 nitrogen and oxygen atoms in total. The smallest absolute Gasteiger partial charge is 0.251 e. The molecule has 0 aliphatic rings. The zero-order valence-electron chi connectivity index (χ0n) is 15.4. The van der Waals surface area contributed by atoms with Gasteiger partial charge in [-0.1, -0.05) is 37.7 Å². The number of thioether (sulfide) groups is 1. The van der Waals surface area contributed by atoms with Gasteiger partial charge in [-0.3, -0.25) is 4.79 Å². The van der Waals surface area contributed by atoms with Gasteiger partial charge in [-0.15, -0.1) is 0 Å². The third kappa shape index (κ3) is 6.21. The number of nitrogens with zero attached hydrogens (tertiary/aromatic N) is 3. The summed E-state index contributed by atoms with van der Waals surface area (Å²) in [5.74, 6) is 0.847. The Morgan fingerprint density at radius 3 is 2.56 bits per heavy atom. The quantitative estimate of drug-likeness (QED) is 0.522. The van der Waals surface area contributed by atoms with Gasteiger partial charge in [0.2, 0.25) is 0 Å². The van der Waals surface area contributed by atoms with Crippen LogP contribution in [-0.4, -0.2) is 46.5 Å². The van der Waals surface area contributed by atoms with Crippen molar-refractivity contribution in [3.63, 3.8) is 0 Å². The van der Waals surface area contributed by atoms with Crippen LogP contribution in [0.5, 0.6) is 0 Å². The number of hydrogen-bond acceptors (Lipinski definition) is 4. The number of nitrogens with one attached hydrogen (secondary N) is 1. The number of aryl methyl sites for hydroxylation is 1. The average molecular weight is 361 g/mol. The van der Waals surface area contributed by atoms with Gasteiger partial charge in [-0.25, -0.2) is 4.98 Å². The zero-order valence-corrected chi connectivity index (χ0v) is 16.2. The number of aromatic nitrogens is 2. The van der Waals surface area contributed by atoms with Crippen LogP contribution >= 0.6 is 11.8 Å². The van der Waals surface area contributed by atoms with Crippen LogP contribution < -0.4 is 5.32 Å². The summed E-state index contributed by atoms with van der Waals surface area (Å²) in [6, 6.07) is 7.82. The van der Waals surface area contributed by atoms with Crippen molar-refractivity contribution in [3.8, 4) is 0 Å². The summed E-state index contributed by atoms with van der Waals surface area (Å²) < 4.78 is 2.00. The molecule has 136 valence electrons. The van der Waals surface area contributed by atoms with Crippen LogP contribution in [-0.2, 0) is 12.8 Å². The Hall–Kier alpha value is -1.79. The molecular weight excluding hydrogens is 332 g/mol. The summed E-state index contributed by atoms with van der Waals surface area (Å²) in [7, 11) is 1.99. The minimum atomic E-state index is 0.00264. The van der Waals surface area contributed by atoms with Gasteiger partial charge in [-0.2, -0.15) is 0 Å². The van der Waals surface area contributed by atoms with Crippen molar-refractivity contribution < 1.29 is 4.79 Å². The number of amides is 1. The predicted octanol–water partition coefficient (Wildman–Crippen LogP) is 3.17. The Balaban J connectivity index is 1.75. The van der Waals surface area contributed by atoms with Gasteiger partial charge in [0.15, 0.2) is 5.16 Å². The molecule has 1 N–H and O–H groups in total. The van der Waals surface area contributed by atoms with Gasteiger partial charge < -0.3 is 14.8 Å². The summed E-state index contributed by atoms with van der Waals surface area (Å²) in [4.78, 5) is 18.8. The van der Waals surface area contributed by atoms with Crippen molar-refractivity contribution in [2.45, 2.75) is 31.2 Å². The second-order valence-corrected chi connectivity index (χ2v) is 6.89. The molecule has 6 heteroatoms. The Bertz CT molecular complexity index is 650. The first-order valence-corrected chi connectivity index (χ1v) is 9.82. The molecule has 2 aromatic rings. The maximum atomic E-state index is 12.2. The largest absolute Gasteiger partial charge is 0.352 e. The number of hydrogen-bond donors (Lipinski definition) is 1. The van der Waals surface area contributed by atoms with Gasteiger partial charge >= 0.3 is 0 Å². The van der Waals surface area contributed by atoms with Crippen molar-refractivity contribution >= 4 is 17.7 Å². The van der Waals surface area contributed by atoms with Gasteiger partial charge in [0, 0.05) is 37.3 Å². The highest BCUT2D eigenvalue weighted by Gasteiger charge is 2.06. The van der Waals surface area contributed by atoms with Crippen molar-refractivity contribution in [3.05, 3.63) is 47.8 Å². The normalized spacial score (nSPS) is 11.0. The van der Waals surface area contributed by atoms with E-state index >= 15 is 0 Å². The van der Waals surface area contributed by atoms with E-state index in [1.165, 1.54) is 5.56 Å². The van der Waals surface area contributed by atoms with E-state index in [2.05, 4.69) is 29.0 Å². The zero-order chi connectivity index (χ0) is 18.1. The second kappa shape index (κ2) is 10.3. The molecule has 0 bridgehead atoms. The summed E-state index contributed by atoms with van der Waals surface area (Å²) in [5.41, 5.74) is 1.90. The van der Waals surface area contributed by atoms with Crippen LogP contribution in [0.3, 0.4) is 0 Å². The lowest BCUT2D eigenvalue weighted by Crippen LogP contribution is -2.29. The van der Waals surface area contributed by atoms with E-state index in [1.807, 2.05) is 42.1 Å². The van der Waals surface area contributed by atoms with Gasteiger partial charge in [0.1, 0.15) is 0 Å². The Kier molecular flexibility index (Phi) is 8.01. The molecule has 0 spiro atoms. The van der Waals surface area contributed by atoms with Crippen LogP contribution in [0.25, 0.3) is 0 Å². The lowest BCUT2D eigenvalue weighted by Gasteiger charge is -2.17. The van der Waals surface area contributed by atoms with Gasteiger partial charge in [0.05, 0.1) is 0 Å². The summed E-state index contributed by atoms with van der Waals surface area (Å²) in [5, 5.41) is 4.00. The molecule has 25 heavy (non-hydrogen) atoms. The van der Waals surface area contributed by atoms with E-state index < -0.39 is 0 Å². The molecule has 2 rings (SSSR count). The Morgan fingerprint density at radius 1 is 1.24 bits per heavy atom. The standard InChI is InChI=1S/C19H28N4OS/c1-4-23(5-2)13-6-11-20-18(24)17-9-7-16(8-10-17)15-25-19-21-12-14-22(19)3/h7-10,12,14H,4-6,11,13,15H2,1-3H3,(H,20,24). The van der Waals surface area contributed by atoms with Gasteiger partial charge in [-0.05, 0) is 43.8 Å². The molecule has 0 saturated heterocycles. The van der Waals surface area contributed by atoms with E-state index in [9.17, 15) is 4.79 Å². The third-order valence-electron chi connectivity index (χ3n) is 4.19. The monoisotopic (exact) mass is 360 g/mol. The van der Waals surface area contributed by atoms with E-state index in [4.69, 9.17) is 0 Å². The van der Waals surface area contributed by atoms with Crippen molar-refractivity contribution in [1.29, 1.82) is 0 Å². The molecule has 0 unspecified atom stereocenters. The lowest BCUT2D eigenvalue weighted by atomic mass is 10.1. The molecule has 1 aromatic carbocycles. The minimum absolute atomic E-state index is 0.00264. The maximum absolute atomic E-state index is 12.2. The molecule has 1 amide bonds. The highest BCUT2D eigenvalue weighted by atomic mass is 32.2. The minimum Gasteiger partial charge on any atom is -0.352 e. The molecule has 0 radical (unpaired) electrons. The molecule has 0 saturated carbocycles. The fraction of sp³-hybridized carbons (Fsp3) is 0.474. The number of carbonyl (C=O) groups excluding carboxylic acids is 1. The fourth-order valence-corrected chi connectivity index (χ4v) is 3.43. The molecule has 0 aliphatic heterocycles. The van der Waals surface area contributed by atoms with Crippen molar-refractivity contribution in [2.24, 2.45) is 7.05 Å². The summed E-state index contributed by atoms with van der Waals surface area (Å²) >= 11 is 1.69. The van der Waals surface area contributed by atoms with Crippen LogP contribution in [0.4, 0.5) is 0 Å². The number of carbonyl (C=O) groups is 1. The summed E-state index contributed by atoms with van der Waals surface area (Å²) in [6.07, 6.45) is 4.72. The SMILES string of the molecule is CCN(CC)CCCNC(=O)c1ccc(CSc2nccn2C)cc1. The number of imidazole rings is 1. The van der Waals surface area contributed by atoms with E-state index in [0.29, 0.717) is 12.1 Å². The third-order valence-corrected chi connectivity index (χ3v) is 5.32. The highest BCUT2D eigenvalue weighted by molar-refractivity contribution is 7.98. The molecule has 0 atom stereocenters. The second-order valence-electron chi connectivity index (χ2n) is 5.94. The fourth-order valence-electron chi connectivity index (χ4n) is 2.54. The number of benzene rings is 1. The maximum Gasteiger partial charge on any atom is 0.251 e. The molecular formula is C19H28N4OS. The lowest BCUT2D eigenvalue weighted by molar-refractivity contribution is 0.0952.